The van der Waals surface area contributed by atoms with Crippen molar-refractivity contribution < 1.29 is 19.1 Å². The molecule has 0 fully saturated rings. The van der Waals surface area contributed by atoms with Gasteiger partial charge >= 0.3 is 5.97 Å². The lowest BCUT2D eigenvalue weighted by Crippen LogP contribution is -2.42. The molecule has 1 aliphatic rings. The number of fused-ring (bicyclic) bond motifs is 1. The van der Waals surface area contributed by atoms with Crippen LogP contribution in [-0.2, 0) is 16.0 Å². The molecule has 0 spiro atoms. The molecule has 0 unspecified atom stereocenters. The maximum atomic E-state index is 12.8. The van der Waals surface area contributed by atoms with E-state index >= 15 is 0 Å². The lowest BCUT2D eigenvalue weighted by Gasteiger charge is -2.31. The molecule has 1 atom stereocenters. The van der Waals surface area contributed by atoms with E-state index in [1.165, 1.54) is 24.3 Å². The van der Waals surface area contributed by atoms with Crippen molar-refractivity contribution in [2.45, 2.75) is 25.9 Å². The summed E-state index contributed by atoms with van der Waals surface area (Å²) in [6.45, 7) is 2.17. The van der Waals surface area contributed by atoms with E-state index in [0.717, 1.165) is 24.1 Å². The average Bonchev–Trinajstić information content (AvgIpc) is 2.66. The highest BCUT2D eigenvalue weighted by atomic mass is 16.5. The molecule has 6 nitrogen and oxygen atoms in total. The van der Waals surface area contributed by atoms with Crippen molar-refractivity contribution in [2.75, 3.05) is 11.4 Å². The highest BCUT2D eigenvalue weighted by Gasteiger charge is 2.28. The van der Waals surface area contributed by atoms with Crippen molar-refractivity contribution >= 4 is 23.5 Å². The second kappa shape index (κ2) is 7.39. The summed E-state index contributed by atoms with van der Waals surface area (Å²) in [5.74, 6) is -1.44. The number of hydrogen-bond donors (Lipinski definition) is 1. The van der Waals surface area contributed by atoms with Crippen LogP contribution < -0.4 is 10.6 Å². The molecule has 134 valence electrons. The van der Waals surface area contributed by atoms with Gasteiger partial charge in [0.05, 0.1) is 5.56 Å². The quantitative estimate of drug-likeness (QED) is 0.855. The number of rotatable bonds is 4. The zero-order valence-electron chi connectivity index (χ0n) is 14.5. The molecule has 0 aliphatic carbocycles. The van der Waals surface area contributed by atoms with Crippen molar-refractivity contribution in [3.8, 4) is 0 Å². The van der Waals surface area contributed by atoms with Crippen molar-refractivity contribution in [3.05, 3.63) is 65.2 Å². The molecule has 26 heavy (non-hydrogen) atoms. The van der Waals surface area contributed by atoms with Crippen LogP contribution in [0, 0.1) is 0 Å². The van der Waals surface area contributed by atoms with E-state index in [2.05, 4.69) is 0 Å². The molecule has 2 aromatic rings. The normalized spacial score (nSPS) is 14.3. The van der Waals surface area contributed by atoms with E-state index < -0.39 is 18.0 Å². The third-order valence-corrected chi connectivity index (χ3v) is 4.41. The molecule has 0 aromatic heterocycles. The molecule has 6 heteroatoms. The summed E-state index contributed by atoms with van der Waals surface area (Å²) in [6, 6.07) is 13.6. The Morgan fingerprint density at radius 2 is 1.69 bits per heavy atom. The van der Waals surface area contributed by atoms with Gasteiger partial charge in [0.25, 0.3) is 5.91 Å². The Hall–Kier alpha value is -3.15. The first-order chi connectivity index (χ1) is 12.5. The van der Waals surface area contributed by atoms with E-state index in [1.807, 2.05) is 24.3 Å². The number of nitrogens with zero attached hydrogens (tertiary/aromatic N) is 1. The Labute approximate surface area is 151 Å². The molecule has 0 bridgehead atoms. The van der Waals surface area contributed by atoms with Gasteiger partial charge in [-0.3, -0.25) is 9.59 Å². The molecule has 1 heterocycles. The van der Waals surface area contributed by atoms with Gasteiger partial charge in [-0.1, -0.05) is 18.2 Å². The SMILES string of the molecule is C[C@@H](OC(=O)c1ccc(C(N)=O)cc1)C(=O)N1CCCc2ccccc21. The van der Waals surface area contributed by atoms with E-state index in [0.29, 0.717) is 12.1 Å². The van der Waals surface area contributed by atoms with Gasteiger partial charge in [-0.2, -0.15) is 0 Å². The molecular weight excluding hydrogens is 332 g/mol. The van der Waals surface area contributed by atoms with Gasteiger partial charge in [0, 0.05) is 17.8 Å². The van der Waals surface area contributed by atoms with Crippen LogP contribution in [0.25, 0.3) is 0 Å². The molecule has 2 aromatic carbocycles. The Kier molecular flexibility index (Phi) is 5.02. The van der Waals surface area contributed by atoms with Gasteiger partial charge in [0.15, 0.2) is 6.10 Å². The van der Waals surface area contributed by atoms with Gasteiger partial charge < -0.3 is 15.4 Å². The van der Waals surface area contributed by atoms with Crippen molar-refractivity contribution in [1.82, 2.24) is 0 Å². The number of nitrogens with two attached hydrogens (primary N) is 1. The number of anilines is 1. The molecule has 0 radical (unpaired) electrons. The van der Waals surface area contributed by atoms with Crippen LogP contribution in [0.3, 0.4) is 0 Å². The summed E-state index contributed by atoms with van der Waals surface area (Å²) in [5.41, 5.74) is 7.73. The Morgan fingerprint density at radius 1 is 1.04 bits per heavy atom. The molecule has 0 saturated heterocycles. The smallest absolute Gasteiger partial charge is 0.338 e. The molecule has 2 amide bonds. The highest BCUT2D eigenvalue weighted by Crippen LogP contribution is 2.27. The summed E-state index contributed by atoms with van der Waals surface area (Å²) in [7, 11) is 0. The van der Waals surface area contributed by atoms with Gasteiger partial charge in [-0.05, 0) is 55.7 Å². The fourth-order valence-corrected chi connectivity index (χ4v) is 3.03. The van der Waals surface area contributed by atoms with Gasteiger partial charge in [0.1, 0.15) is 0 Å². The number of hydrogen-bond acceptors (Lipinski definition) is 4. The monoisotopic (exact) mass is 352 g/mol. The minimum absolute atomic E-state index is 0.251. The van der Waals surface area contributed by atoms with Crippen LogP contribution in [0.5, 0.6) is 0 Å². The lowest BCUT2D eigenvalue weighted by atomic mass is 10.0. The third kappa shape index (κ3) is 3.59. The van der Waals surface area contributed by atoms with E-state index in [4.69, 9.17) is 10.5 Å². The summed E-state index contributed by atoms with van der Waals surface area (Å²) in [4.78, 5) is 37.8. The molecular formula is C20H20N2O4. The van der Waals surface area contributed by atoms with Crippen LogP contribution in [0.2, 0.25) is 0 Å². The number of primary amides is 1. The van der Waals surface area contributed by atoms with Crippen LogP contribution in [0.4, 0.5) is 5.69 Å². The van der Waals surface area contributed by atoms with E-state index in [-0.39, 0.29) is 11.5 Å². The Morgan fingerprint density at radius 3 is 2.38 bits per heavy atom. The number of aryl methyl sites for hydroxylation is 1. The first-order valence-corrected chi connectivity index (χ1v) is 8.47. The second-order valence-corrected chi connectivity index (χ2v) is 6.21. The summed E-state index contributed by atoms with van der Waals surface area (Å²) in [6.07, 6.45) is 0.891. The largest absolute Gasteiger partial charge is 0.449 e. The number of amides is 2. The number of para-hydroxylation sites is 1. The minimum atomic E-state index is -0.913. The predicted octanol–water partition coefficient (Wildman–Crippen LogP) is 2.31. The van der Waals surface area contributed by atoms with Gasteiger partial charge in [-0.25, -0.2) is 4.79 Å². The molecule has 3 rings (SSSR count). The van der Waals surface area contributed by atoms with Gasteiger partial charge in [0.2, 0.25) is 5.91 Å². The van der Waals surface area contributed by atoms with E-state index in [1.54, 1.807) is 11.8 Å². The molecule has 1 aliphatic heterocycles. The first kappa shape index (κ1) is 17.7. The summed E-state index contributed by atoms with van der Waals surface area (Å²) < 4.78 is 5.32. The van der Waals surface area contributed by atoms with Crippen molar-refractivity contribution in [2.24, 2.45) is 5.73 Å². The standard InChI is InChI=1S/C20H20N2O4/c1-13(26-20(25)16-10-8-15(9-11-16)18(21)23)19(24)22-12-4-6-14-5-2-3-7-17(14)22/h2-3,5,7-11,13H,4,6,12H2,1H3,(H2,21,23)/t13-/m1/s1. The van der Waals surface area contributed by atoms with Crippen molar-refractivity contribution in [1.29, 1.82) is 0 Å². The maximum absolute atomic E-state index is 12.8. The van der Waals surface area contributed by atoms with Gasteiger partial charge in [-0.15, -0.1) is 0 Å². The Balaban J connectivity index is 1.70. The summed E-state index contributed by atoms with van der Waals surface area (Å²) in [5, 5.41) is 0. The lowest BCUT2D eigenvalue weighted by molar-refractivity contribution is -0.126. The summed E-state index contributed by atoms with van der Waals surface area (Å²) >= 11 is 0. The zero-order valence-corrected chi connectivity index (χ0v) is 14.5. The number of esters is 1. The minimum Gasteiger partial charge on any atom is -0.449 e. The Bertz CT molecular complexity index is 845. The molecule has 2 N–H and O–H groups in total. The fourth-order valence-electron chi connectivity index (χ4n) is 3.03. The zero-order chi connectivity index (χ0) is 18.7. The third-order valence-electron chi connectivity index (χ3n) is 4.41. The van der Waals surface area contributed by atoms with Crippen molar-refractivity contribution in [3.63, 3.8) is 0 Å². The maximum Gasteiger partial charge on any atom is 0.338 e. The van der Waals surface area contributed by atoms with E-state index in [9.17, 15) is 14.4 Å². The number of carbonyl (C=O) groups excluding carboxylic acids is 3. The average molecular weight is 352 g/mol. The van der Waals surface area contributed by atoms with Crippen LogP contribution in [0.1, 0.15) is 39.6 Å². The number of carbonyl (C=O) groups is 3. The fraction of sp³-hybridized carbons (Fsp3) is 0.250. The first-order valence-electron chi connectivity index (χ1n) is 8.47. The number of benzene rings is 2. The number of ether oxygens (including phenoxy) is 1. The predicted molar refractivity (Wildman–Crippen MR) is 97.0 cm³/mol. The second-order valence-electron chi connectivity index (χ2n) is 6.21. The highest BCUT2D eigenvalue weighted by molar-refractivity contribution is 6.00. The van der Waals surface area contributed by atoms with Crippen LogP contribution in [0.15, 0.2) is 48.5 Å². The molecule has 0 saturated carbocycles. The van der Waals surface area contributed by atoms with Crippen LogP contribution in [-0.4, -0.2) is 30.4 Å². The topological polar surface area (TPSA) is 89.7 Å². The van der Waals surface area contributed by atoms with Crippen LogP contribution >= 0.6 is 0 Å².